The lowest BCUT2D eigenvalue weighted by Gasteiger charge is -2.19. The van der Waals surface area contributed by atoms with E-state index >= 15 is 0 Å². The Balaban J connectivity index is 0.000000186. The molecule has 0 spiro atoms. The molecule has 8 rings (SSSR count). The number of ether oxygens (including phenoxy) is 4. The average molecular weight is 958 g/mol. The molecule has 2 atom stereocenters. The second-order valence-electron chi connectivity index (χ2n) is 15.2. The van der Waals surface area contributed by atoms with Crippen LogP contribution < -0.4 is 31.5 Å². The molecular formula is C46H53BrN8O10. The molecule has 65 heavy (non-hydrogen) atoms. The van der Waals surface area contributed by atoms with Crippen molar-refractivity contribution >= 4 is 50.9 Å². The molecule has 6 aromatic rings. The van der Waals surface area contributed by atoms with Crippen molar-refractivity contribution in [2.45, 2.75) is 88.3 Å². The molecule has 0 saturated carbocycles. The Morgan fingerprint density at radius 2 is 1.11 bits per heavy atom. The Kier molecular flexibility index (Phi) is 18.6. The van der Waals surface area contributed by atoms with E-state index in [-0.39, 0.29) is 41.1 Å². The van der Waals surface area contributed by atoms with Crippen LogP contribution in [0.3, 0.4) is 0 Å². The second kappa shape index (κ2) is 25.2. The summed E-state index contributed by atoms with van der Waals surface area (Å²) in [6, 6.07) is 26.5. The number of rotatable bonds is 19. The highest BCUT2D eigenvalue weighted by atomic mass is 79.9. The van der Waals surface area contributed by atoms with Gasteiger partial charge in [-0.05, 0) is 86.8 Å². The lowest BCUT2D eigenvalue weighted by atomic mass is 10.1. The molecule has 19 heteroatoms. The molecule has 2 aromatic carbocycles. The van der Waals surface area contributed by atoms with Gasteiger partial charge in [-0.1, -0.05) is 76.6 Å². The first kappa shape index (κ1) is 48.0. The topological polar surface area (TPSA) is 219 Å². The van der Waals surface area contributed by atoms with Crippen LogP contribution in [0.25, 0.3) is 11.3 Å². The van der Waals surface area contributed by atoms with Crippen LogP contribution in [0.2, 0.25) is 0 Å². The van der Waals surface area contributed by atoms with E-state index in [0.29, 0.717) is 68.7 Å². The number of hydrogen-bond acceptors (Lipinski definition) is 12. The van der Waals surface area contributed by atoms with Crippen molar-refractivity contribution in [3.05, 3.63) is 129 Å². The zero-order chi connectivity index (χ0) is 45.8. The van der Waals surface area contributed by atoms with Gasteiger partial charge >= 0.3 is 11.4 Å². The number of aromatic amines is 1. The fraction of sp³-hybridized carbons (Fsp3) is 0.391. The number of alkyl halides is 1. The zero-order valence-corrected chi connectivity index (χ0v) is 37.5. The second-order valence-corrected chi connectivity index (χ2v) is 16.3. The number of H-pyrrole nitrogens is 1. The summed E-state index contributed by atoms with van der Waals surface area (Å²) in [6.07, 6.45) is 10.5. The van der Waals surface area contributed by atoms with Crippen molar-refractivity contribution in [3.63, 3.8) is 0 Å². The van der Waals surface area contributed by atoms with Crippen molar-refractivity contribution in [2.75, 3.05) is 26.4 Å². The number of pyridine rings is 2. The maximum absolute atomic E-state index is 12.7. The molecule has 6 heterocycles. The fourth-order valence-corrected chi connectivity index (χ4v) is 7.03. The molecule has 0 radical (unpaired) electrons. The van der Waals surface area contributed by atoms with E-state index in [9.17, 15) is 28.8 Å². The summed E-state index contributed by atoms with van der Waals surface area (Å²) in [5.41, 5.74) is 2.68. The van der Waals surface area contributed by atoms with Gasteiger partial charge < -0.3 is 18.9 Å². The van der Waals surface area contributed by atoms with E-state index in [0.717, 1.165) is 49.8 Å². The van der Waals surface area contributed by atoms with E-state index < -0.39 is 17.6 Å². The number of halogens is 1. The van der Waals surface area contributed by atoms with Gasteiger partial charge in [-0.15, -0.1) is 5.10 Å². The van der Waals surface area contributed by atoms with Crippen molar-refractivity contribution in [1.82, 2.24) is 39.4 Å². The molecule has 2 fully saturated rings. The molecule has 0 bridgehead atoms. The average Bonchev–Trinajstić information content (AvgIpc) is 3.85. The van der Waals surface area contributed by atoms with Gasteiger partial charge in [-0.3, -0.25) is 29.8 Å². The monoisotopic (exact) mass is 956 g/mol. The summed E-state index contributed by atoms with van der Waals surface area (Å²) < 4.78 is 26.7. The summed E-state index contributed by atoms with van der Waals surface area (Å²) >= 11 is 3.12. The number of carbonyl (C=O) groups is 4. The summed E-state index contributed by atoms with van der Waals surface area (Å²) in [5, 5.41) is 15.0. The van der Waals surface area contributed by atoms with Crippen LogP contribution >= 0.6 is 15.9 Å². The van der Waals surface area contributed by atoms with Crippen molar-refractivity contribution < 1.29 is 38.1 Å². The van der Waals surface area contributed by atoms with Crippen LogP contribution in [0.5, 0.6) is 11.5 Å². The molecule has 2 aliphatic rings. The molecule has 4 aromatic heterocycles. The van der Waals surface area contributed by atoms with Gasteiger partial charge in [0.15, 0.2) is 11.3 Å². The van der Waals surface area contributed by atoms with Crippen LogP contribution in [0.15, 0.2) is 107 Å². The van der Waals surface area contributed by atoms with E-state index in [2.05, 4.69) is 54.0 Å². The van der Waals surface area contributed by atoms with Crippen molar-refractivity contribution in [3.8, 4) is 11.5 Å². The minimum atomic E-state index is -0.784. The molecule has 0 aliphatic carbocycles. The molecular weight excluding hydrogens is 904 g/mol. The Bertz CT molecular complexity index is 2600. The fourth-order valence-electron chi connectivity index (χ4n) is 6.69. The summed E-state index contributed by atoms with van der Waals surface area (Å²) in [7, 11) is 0. The van der Waals surface area contributed by atoms with Gasteiger partial charge in [0.2, 0.25) is 17.7 Å². The number of benzene rings is 2. The number of carbonyl (C=O) groups excluding carboxylic acids is 4. The van der Waals surface area contributed by atoms with Gasteiger partial charge in [0.05, 0.1) is 43.6 Å². The quantitative estimate of drug-likeness (QED) is 0.0541. The Morgan fingerprint density at radius 1 is 0.585 bits per heavy atom. The van der Waals surface area contributed by atoms with Crippen LogP contribution in [0.4, 0.5) is 0 Å². The zero-order valence-electron chi connectivity index (χ0n) is 35.9. The smallest absolute Gasteiger partial charge is 0.351 e. The Hall–Kier alpha value is -6.44. The highest BCUT2D eigenvalue weighted by Gasteiger charge is 2.31. The summed E-state index contributed by atoms with van der Waals surface area (Å²) in [4.78, 5) is 68.5. The predicted molar refractivity (Wildman–Crippen MR) is 243 cm³/mol. The van der Waals surface area contributed by atoms with Crippen molar-refractivity contribution in [2.24, 2.45) is 0 Å². The van der Waals surface area contributed by atoms with Gasteiger partial charge in [-0.2, -0.15) is 9.78 Å². The molecule has 3 N–H and O–H groups in total. The van der Waals surface area contributed by atoms with Crippen molar-refractivity contribution in [1.29, 1.82) is 0 Å². The first-order valence-electron chi connectivity index (χ1n) is 21.6. The van der Waals surface area contributed by atoms with E-state index in [4.69, 9.17) is 18.9 Å². The van der Waals surface area contributed by atoms with Gasteiger partial charge in [0, 0.05) is 26.1 Å². The lowest BCUT2D eigenvalue weighted by molar-refractivity contribution is -0.136. The number of nitrogens with one attached hydrogen (secondary N) is 3. The summed E-state index contributed by atoms with van der Waals surface area (Å²) in [6.45, 7) is 3.90. The van der Waals surface area contributed by atoms with E-state index in [1.54, 1.807) is 30.6 Å². The normalized spacial score (nSPS) is 16.0. The third kappa shape index (κ3) is 15.1. The predicted octanol–water partition coefficient (Wildman–Crippen LogP) is 5.21. The van der Waals surface area contributed by atoms with Crippen LogP contribution in [-0.2, 0) is 41.9 Å². The largest absolute Gasteiger partial charge is 0.492 e. The van der Waals surface area contributed by atoms with Gasteiger partial charge in [-0.25, -0.2) is 23.5 Å². The number of nitrogens with zero attached hydrogens (tertiary/aromatic N) is 5. The number of aromatic nitrogens is 6. The highest BCUT2D eigenvalue weighted by Crippen LogP contribution is 2.18. The Morgan fingerprint density at radius 3 is 1.66 bits per heavy atom. The lowest BCUT2D eigenvalue weighted by Crippen LogP contribution is -2.44. The van der Waals surface area contributed by atoms with Gasteiger partial charge in [0.1, 0.15) is 17.5 Å². The third-order valence-electron chi connectivity index (χ3n) is 10.2. The minimum Gasteiger partial charge on any atom is -0.492 e. The third-order valence-corrected chi connectivity index (χ3v) is 11.1. The Labute approximate surface area is 382 Å². The molecule has 18 nitrogen and oxygen atoms in total. The number of hydrogen-bond donors (Lipinski definition) is 3. The number of imide groups is 2. The maximum Gasteiger partial charge on any atom is 0.351 e. The molecule has 2 unspecified atom stereocenters. The minimum absolute atomic E-state index is 0.171. The number of piperidine rings is 2. The van der Waals surface area contributed by atoms with Crippen LogP contribution in [-0.4, -0.2) is 83.7 Å². The van der Waals surface area contributed by atoms with E-state index in [1.165, 1.54) is 19.9 Å². The van der Waals surface area contributed by atoms with Gasteiger partial charge in [0.25, 0.3) is 5.91 Å². The van der Waals surface area contributed by atoms with Crippen LogP contribution in [0.1, 0.15) is 81.4 Å². The first-order chi connectivity index (χ1) is 31.6. The maximum atomic E-state index is 12.7. The first-order valence-corrected chi connectivity index (χ1v) is 22.5. The molecule has 344 valence electrons. The summed E-state index contributed by atoms with van der Waals surface area (Å²) in [5.74, 6) is 0.00788. The number of fused-ring (bicyclic) bond motifs is 2. The molecule has 2 saturated heterocycles. The number of unbranched alkanes of at least 4 members (excludes halogenated alkanes) is 4. The van der Waals surface area contributed by atoms with E-state index in [1.807, 2.05) is 54.6 Å². The number of amides is 4. The SMILES string of the molecule is O=C1CCC(Br)C(=O)N1.O=C1CCC(n2nc3ccc(OCCCCCOCc4ccccc4)cn3c2=O)C(=O)N1.O=c1[nH]nc2ccc(OCCCCCOCc3ccccc3)cn12. The highest BCUT2D eigenvalue weighted by molar-refractivity contribution is 9.10. The molecule has 2 aliphatic heterocycles. The molecule has 4 amide bonds. The standard InChI is InChI=1S/C23H26N4O5.C18H21N3O3.C5H6BrNO2/c28-21-12-10-19(22(29)24-21)27-23(30)26-15-18(9-11-20(26)25-27)32-14-6-2-5-13-31-16-17-7-3-1-4-8-17;22-18-20-19-17-10-9-16(13-21(17)18)24-12-6-2-5-11-23-14-15-7-3-1-4-8-15;6-3-1-2-4(8)7-5(3)9/h1,3-4,7-9,11,15,19H,2,5-6,10,12-14,16H2,(H,24,28,29);1,3-4,7-10,13H,2,5-6,11-12,14H2,(H,20,22);3H,1-2H2,(H,7,8,9). The van der Waals surface area contributed by atoms with Crippen LogP contribution in [0, 0.1) is 0 Å².